The van der Waals surface area contributed by atoms with E-state index in [2.05, 4.69) is 31.4 Å². The highest BCUT2D eigenvalue weighted by Gasteiger charge is 2.18. The average molecular weight is 384 g/mol. The van der Waals surface area contributed by atoms with Gasteiger partial charge in [-0.05, 0) is 40.2 Å². The van der Waals surface area contributed by atoms with Crippen molar-refractivity contribution in [3.8, 4) is 0 Å². The molecule has 2 heterocycles. The lowest BCUT2D eigenvalue weighted by Crippen LogP contribution is -2.12. The first-order valence-corrected chi connectivity index (χ1v) is 7.81. The molecule has 2 aromatic heterocycles. The minimum Gasteiger partial charge on any atom is -0.397 e. The number of nitrogens with one attached hydrogen (secondary N) is 1. The molecule has 1 aromatic carbocycles. The molecule has 0 unspecified atom stereocenters. The molecule has 3 aromatic rings. The molecular formula is C13H8BrClN4OS. The molecule has 0 aliphatic rings. The average Bonchev–Trinajstić information content (AvgIpc) is 2.80. The number of hydrogen-bond acceptors (Lipinski definition) is 5. The van der Waals surface area contributed by atoms with Crippen LogP contribution in [0.15, 0.2) is 34.9 Å². The second-order valence-electron chi connectivity index (χ2n) is 4.17. The Balaban J connectivity index is 1.95. The Morgan fingerprint density at radius 2 is 2.19 bits per heavy atom. The highest BCUT2D eigenvalue weighted by atomic mass is 79.9. The van der Waals surface area contributed by atoms with Gasteiger partial charge in [-0.2, -0.15) is 5.10 Å². The second kappa shape index (κ2) is 5.59. The van der Waals surface area contributed by atoms with Gasteiger partial charge in [0.15, 0.2) is 0 Å². The van der Waals surface area contributed by atoms with Crippen LogP contribution in [0, 0.1) is 0 Å². The summed E-state index contributed by atoms with van der Waals surface area (Å²) in [7, 11) is 0. The van der Waals surface area contributed by atoms with Crippen molar-refractivity contribution in [1.82, 2.24) is 10.2 Å². The highest BCUT2D eigenvalue weighted by molar-refractivity contribution is 9.10. The Morgan fingerprint density at radius 1 is 1.38 bits per heavy atom. The summed E-state index contributed by atoms with van der Waals surface area (Å²) in [6, 6.07) is 6.86. The molecule has 0 saturated heterocycles. The van der Waals surface area contributed by atoms with Crippen LogP contribution in [0.5, 0.6) is 0 Å². The first-order chi connectivity index (χ1) is 10.1. The van der Waals surface area contributed by atoms with Crippen molar-refractivity contribution in [2.45, 2.75) is 0 Å². The Hall–Kier alpha value is -1.70. The van der Waals surface area contributed by atoms with Crippen molar-refractivity contribution in [1.29, 1.82) is 0 Å². The van der Waals surface area contributed by atoms with Gasteiger partial charge in [0.05, 0.1) is 17.6 Å². The van der Waals surface area contributed by atoms with Crippen molar-refractivity contribution in [2.24, 2.45) is 0 Å². The maximum atomic E-state index is 12.4. The second-order valence-corrected chi connectivity index (χ2v) is 6.46. The van der Waals surface area contributed by atoms with E-state index in [4.69, 9.17) is 17.3 Å². The molecular weight excluding hydrogens is 376 g/mol. The number of rotatable bonds is 2. The molecule has 106 valence electrons. The van der Waals surface area contributed by atoms with Gasteiger partial charge in [0, 0.05) is 14.9 Å². The van der Waals surface area contributed by atoms with Gasteiger partial charge in [-0.1, -0.05) is 11.6 Å². The van der Waals surface area contributed by atoms with Crippen LogP contribution in [-0.4, -0.2) is 16.1 Å². The number of fused-ring (bicyclic) bond motifs is 1. The van der Waals surface area contributed by atoms with Gasteiger partial charge < -0.3 is 11.1 Å². The topological polar surface area (TPSA) is 80.9 Å². The summed E-state index contributed by atoms with van der Waals surface area (Å²) in [6.07, 6.45) is 1.54. The maximum Gasteiger partial charge on any atom is 0.267 e. The fourth-order valence-corrected chi connectivity index (χ4v) is 3.53. The number of thiophene rings is 1. The number of halogens is 2. The number of nitrogens with two attached hydrogens (primary N) is 1. The lowest BCUT2D eigenvalue weighted by Gasteiger charge is -2.07. The Morgan fingerprint density at radius 3 is 2.90 bits per heavy atom. The van der Waals surface area contributed by atoms with Gasteiger partial charge in [-0.15, -0.1) is 16.4 Å². The molecule has 1 amide bonds. The van der Waals surface area contributed by atoms with Crippen LogP contribution < -0.4 is 11.1 Å². The summed E-state index contributed by atoms with van der Waals surface area (Å²) in [5, 5.41) is 11.9. The normalized spacial score (nSPS) is 10.8. The van der Waals surface area contributed by atoms with Crippen LogP contribution in [0.4, 0.5) is 11.4 Å². The first kappa shape index (κ1) is 14.2. The van der Waals surface area contributed by atoms with E-state index in [-0.39, 0.29) is 5.91 Å². The predicted octanol–water partition coefficient (Wildman–Crippen LogP) is 3.94. The third-order valence-electron chi connectivity index (χ3n) is 2.81. The lowest BCUT2D eigenvalue weighted by atomic mass is 10.2. The SMILES string of the molecule is Nc1c(C(=O)Nc2ccc(Cl)cc2Br)sc2nnccc12. The van der Waals surface area contributed by atoms with Gasteiger partial charge >= 0.3 is 0 Å². The number of carbonyl (C=O) groups excluding carboxylic acids is 1. The van der Waals surface area contributed by atoms with Crippen molar-refractivity contribution >= 4 is 66.4 Å². The third kappa shape index (κ3) is 2.72. The van der Waals surface area contributed by atoms with Crippen LogP contribution in [0.1, 0.15) is 9.67 Å². The maximum absolute atomic E-state index is 12.4. The summed E-state index contributed by atoms with van der Waals surface area (Å²) >= 11 is 10.4. The van der Waals surface area contributed by atoms with Gasteiger partial charge in [-0.3, -0.25) is 4.79 Å². The van der Waals surface area contributed by atoms with Crippen molar-refractivity contribution in [2.75, 3.05) is 11.1 Å². The van der Waals surface area contributed by atoms with Crippen LogP contribution in [0.25, 0.3) is 10.2 Å². The van der Waals surface area contributed by atoms with Gasteiger partial charge in [0.1, 0.15) is 9.71 Å². The van der Waals surface area contributed by atoms with Crippen LogP contribution in [-0.2, 0) is 0 Å². The van der Waals surface area contributed by atoms with Crippen LogP contribution >= 0.6 is 38.9 Å². The molecule has 0 spiro atoms. The number of nitrogens with zero attached hydrogens (tertiary/aromatic N) is 2. The largest absolute Gasteiger partial charge is 0.397 e. The minimum absolute atomic E-state index is 0.293. The van der Waals surface area contributed by atoms with E-state index < -0.39 is 0 Å². The molecule has 3 N–H and O–H groups in total. The zero-order valence-electron chi connectivity index (χ0n) is 10.4. The van der Waals surface area contributed by atoms with Gasteiger partial charge in [-0.25, -0.2) is 0 Å². The Labute approximate surface area is 137 Å². The molecule has 8 heteroatoms. The molecule has 0 fully saturated rings. The molecule has 21 heavy (non-hydrogen) atoms. The number of amides is 1. The smallest absolute Gasteiger partial charge is 0.267 e. The van der Waals surface area contributed by atoms with E-state index >= 15 is 0 Å². The fourth-order valence-electron chi connectivity index (χ4n) is 1.81. The van der Waals surface area contributed by atoms with Crippen LogP contribution in [0.2, 0.25) is 5.02 Å². The number of aromatic nitrogens is 2. The lowest BCUT2D eigenvalue weighted by molar-refractivity contribution is 0.103. The Bertz CT molecular complexity index is 851. The zero-order chi connectivity index (χ0) is 15.0. The Kier molecular flexibility index (Phi) is 3.79. The molecule has 0 atom stereocenters. The number of nitrogen functional groups attached to an aromatic ring is 1. The van der Waals surface area contributed by atoms with Gasteiger partial charge in [0.2, 0.25) is 0 Å². The summed E-state index contributed by atoms with van der Waals surface area (Å²) in [5.74, 6) is -0.293. The molecule has 0 aliphatic carbocycles. The van der Waals surface area contributed by atoms with E-state index in [1.54, 1.807) is 30.5 Å². The van der Waals surface area contributed by atoms with E-state index in [0.717, 1.165) is 5.39 Å². The number of benzene rings is 1. The molecule has 5 nitrogen and oxygen atoms in total. The van der Waals surface area contributed by atoms with E-state index in [1.807, 2.05) is 0 Å². The molecule has 0 saturated carbocycles. The highest BCUT2D eigenvalue weighted by Crippen LogP contribution is 2.33. The van der Waals surface area contributed by atoms with Crippen molar-refractivity contribution < 1.29 is 4.79 Å². The molecule has 0 bridgehead atoms. The predicted molar refractivity (Wildman–Crippen MR) is 88.9 cm³/mol. The van der Waals surface area contributed by atoms with Crippen LogP contribution in [0.3, 0.4) is 0 Å². The van der Waals surface area contributed by atoms with E-state index in [9.17, 15) is 4.79 Å². The fraction of sp³-hybridized carbons (Fsp3) is 0. The number of anilines is 2. The zero-order valence-corrected chi connectivity index (χ0v) is 13.6. The quantitative estimate of drug-likeness (QED) is 0.702. The third-order valence-corrected chi connectivity index (χ3v) is 4.80. The first-order valence-electron chi connectivity index (χ1n) is 5.82. The summed E-state index contributed by atoms with van der Waals surface area (Å²) < 4.78 is 0.697. The van der Waals surface area contributed by atoms with E-state index in [1.165, 1.54) is 11.3 Å². The monoisotopic (exact) mass is 382 g/mol. The molecule has 3 rings (SSSR count). The summed E-state index contributed by atoms with van der Waals surface area (Å²) in [6.45, 7) is 0. The molecule has 0 aliphatic heterocycles. The van der Waals surface area contributed by atoms with E-state index in [0.29, 0.717) is 30.6 Å². The minimum atomic E-state index is -0.293. The molecule has 0 radical (unpaired) electrons. The van der Waals surface area contributed by atoms with Gasteiger partial charge in [0.25, 0.3) is 5.91 Å². The number of hydrogen-bond donors (Lipinski definition) is 2. The number of carbonyl (C=O) groups is 1. The summed E-state index contributed by atoms with van der Waals surface area (Å²) in [4.78, 5) is 13.4. The van der Waals surface area contributed by atoms with Crippen molar-refractivity contribution in [3.05, 3.63) is 44.8 Å². The summed E-state index contributed by atoms with van der Waals surface area (Å²) in [5.41, 5.74) is 7.03. The standard InChI is InChI=1S/C13H8BrClN4OS/c14-8-5-6(15)1-2-9(8)18-12(20)11-10(16)7-3-4-17-19-13(7)21-11/h1-5H,16H2,(H,18,20). The van der Waals surface area contributed by atoms with Crippen molar-refractivity contribution in [3.63, 3.8) is 0 Å².